The van der Waals surface area contributed by atoms with E-state index in [1.807, 2.05) is 48.2 Å². The van der Waals surface area contributed by atoms with E-state index in [1.165, 1.54) is 17.7 Å². The van der Waals surface area contributed by atoms with Crippen LogP contribution >= 0.6 is 0 Å². The summed E-state index contributed by atoms with van der Waals surface area (Å²) in [6.07, 6.45) is 0. The molecular formula is C19H25N5O3. The second kappa shape index (κ2) is 7.30. The summed E-state index contributed by atoms with van der Waals surface area (Å²) in [4.78, 5) is 42.6. The Labute approximate surface area is 157 Å². The minimum Gasteiger partial charge on any atom is -0.378 e. The molecule has 0 atom stereocenters. The highest BCUT2D eigenvalue weighted by atomic mass is 16.2. The van der Waals surface area contributed by atoms with Gasteiger partial charge in [-0.25, -0.2) is 4.79 Å². The smallest absolute Gasteiger partial charge is 0.332 e. The lowest BCUT2D eigenvalue weighted by atomic mass is 10.1. The maximum Gasteiger partial charge on any atom is 0.332 e. The van der Waals surface area contributed by atoms with Gasteiger partial charge in [-0.15, -0.1) is 0 Å². The molecule has 144 valence electrons. The van der Waals surface area contributed by atoms with Crippen LogP contribution in [0.25, 0.3) is 0 Å². The van der Waals surface area contributed by atoms with E-state index in [9.17, 15) is 14.4 Å². The van der Waals surface area contributed by atoms with E-state index in [-0.39, 0.29) is 17.2 Å². The Kier molecular flexibility index (Phi) is 5.07. The molecule has 8 nitrogen and oxygen atoms in total. The van der Waals surface area contributed by atoms with Gasteiger partial charge in [0.15, 0.2) is 0 Å². The summed E-state index contributed by atoms with van der Waals surface area (Å²) in [7, 11) is 7.04. The van der Waals surface area contributed by atoms with Gasteiger partial charge in [0.25, 0.3) is 11.5 Å². The van der Waals surface area contributed by atoms with Gasteiger partial charge in [0.05, 0.1) is 0 Å². The summed E-state index contributed by atoms with van der Waals surface area (Å²) in [6, 6.07) is 9.01. The van der Waals surface area contributed by atoms with Gasteiger partial charge in [-0.1, -0.05) is 0 Å². The van der Waals surface area contributed by atoms with Gasteiger partial charge >= 0.3 is 5.69 Å². The highest BCUT2D eigenvalue weighted by molar-refractivity contribution is 5.94. The molecule has 0 N–H and O–H groups in total. The van der Waals surface area contributed by atoms with E-state index in [0.29, 0.717) is 37.6 Å². The zero-order valence-electron chi connectivity index (χ0n) is 16.2. The van der Waals surface area contributed by atoms with Crippen molar-refractivity contribution in [1.82, 2.24) is 14.0 Å². The SMILES string of the molecule is CN(C)c1ccc(C(=O)N2CCN(c3cc(=O)n(C)c(=O)n3C)CC2)cc1. The number of carbonyl (C=O) groups excluding carboxylic acids is 1. The number of hydrogen-bond acceptors (Lipinski definition) is 5. The molecule has 1 amide bonds. The molecule has 0 aliphatic carbocycles. The van der Waals surface area contributed by atoms with E-state index in [0.717, 1.165) is 10.3 Å². The predicted octanol–water partition coefficient (Wildman–Crippen LogP) is 0.112. The highest BCUT2D eigenvalue weighted by Crippen LogP contribution is 2.17. The number of aromatic nitrogens is 2. The summed E-state index contributed by atoms with van der Waals surface area (Å²) in [5, 5.41) is 0. The summed E-state index contributed by atoms with van der Waals surface area (Å²) >= 11 is 0. The van der Waals surface area contributed by atoms with Crippen molar-refractivity contribution in [3.05, 3.63) is 56.7 Å². The van der Waals surface area contributed by atoms with Crippen LogP contribution in [0.5, 0.6) is 0 Å². The zero-order valence-corrected chi connectivity index (χ0v) is 16.2. The lowest BCUT2D eigenvalue weighted by Crippen LogP contribution is -2.51. The number of rotatable bonds is 3. The Morgan fingerprint density at radius 2 is 1.52 bits per heavy atom. The predicted molar refractivity (Wildman–Crippen MR) is 106 cm³/mol. The molecule has 0 saturated carbocycles. The number of anilines is 2. The summed E-state index contributed by atoms with van der Waals surface area (Å²) in [5.74, 6) is 0.586. The lowest BCUT2D eigenvalue weighted by molar-refractivity contribution is 0.0746. The van der Waals surface area contributed by atoms with Gasteiger partial charge < -0.3 is 14.7 Å². The first kappa shape index (κ1) is 18.8. The van der Waals surface area contributed by atoms with Crippen LogP contribution in [0.2, 0.25) is 0 Å². The number of carbonyl (C=O) groups is 1. The van der Waals surface area contributed by atoms with Crippen LogP contribution in [0, 0.1) is 0 Å². The minimum absolute atomic E-state index is 0.00202. The van der Waals surface area contributed by atoms with Crippen LogP contribution in [-0.4, -0.2) is 60.2 Å². The first-order valence-corrected chi connectivity index (χ1v) is 8.88. The van der Waals surface area contributed by atoms with Crippen molar-refractivity contribution in [1.29, 1.82) is 0 Å². The van der Waals surface area contributed by atoms with E-state index in [2.05, 4.69) is 0 Å². The van der Waals surface area contributed by atoms with Crippen LogP contribution in [0.15, 0.2) is 39.9 Å². The summed E-state index contributed by atoms with van der Waals surface area (Å²) in [5.41, 5.74) is 1.03. The monoisotopic (exact) mass is 371 g/mol. The Bertz CT molecular complexity index is 951. The molecule has 1 aliphatic heterocycles. The van der Waals surface area contributed by atoms with Crippen molar-refractivity contribution in [2.45, 2.75) is 0 Å². The molecule has 1 aliphatic rings. The van der Waals surface area contributed by atoms with Crippen molar-refractivity contribution in [3.8, 4) is 0 Å². The maximum absolute atomic E-state index is 12.7. The van der Waals surface area contributed by atoms with Crippen molar-refractivity contribution >= 4 is 17.4 Å². The van der Waals surface area contributed by atoms with Crippen molar-refractivity contribution in [2.24, 2.45) is 14.1 Å². The highest BCUT2D eigenvalue weighted by Gasteiger charge is 2.24. The quantitative estimate of drug-likeness (QED) is 0.766. The minimum atomic E-state index is -0.350. The number of benzene rings is 1. The van der Waals surface area contributed by atoms with E-state index in [1.54, 1.807) is 11.9 Å². The first-order valence-electron chi connectivity index (χ1n) is 8.88. The van der Waals surface area contributed by atoms with Gasteiger partial charge in [-0.3, -0.25) is 18.7 Å². The van der Waals surface area contributed by atoms with Crippen molar-refractivity contribution < 1.29 is 4.79 Å². The molecule has 2 heterocycles. The van der Waals surface area contributed by atoms with Gasteiger partial charge in [0.2, 0.25) is 0 Å². The molecule has 27 heavy (non-hydrogen) atoms. The molecule has 1 aromatic heterocycles. The largest absolute Gasteiger partial charge is 0.378 e. The summed E-state index contributed by atoms with van der Waals surface area (Å²) in [6.45, 7) is 2.22. The maximum atomic E-state index is 12.7. The number of hydrogen-bond donors (Lipinski definition) is 0. The van der Waals surface area contributed by atoms with Gasteiger partial charge in [0, 0.05) is 71.7 Å². The first-order chi connectivity index (χ1) is 12.8. The Hall–Kier alpha value is -3.03. The van der Waals surface area contributed by atoms with E-state index < -0.39 is 0 Å². The number of nitrogens with zero attached hydrogens (tertiary/aromatic N) is 5. The third-order valence-electron chi connectivity index (χ3n) is 5.02. The Morgan fingerprint density at radius 1 is 0.926 bits per heavy atom. The third kappa shape index (κ3) is 3.60. The molecule has 0 bridgehead atoms. The fourth-order valence-corrected chi connectivity index (χ4v) is 3.25. The fraction of sp³-hybridized carbons (Fsp3) is 0.421. The molecular weight excluding hydrogens is 346 g/mol. The van der Waals surface area contributed by atoms with Crippen LogP contribution in [-0.2, 0) is 14.1 Å². The normalized spacial score (nSPS) is 14.4. The van der Waals surface area contributed by atoms with Crippen LogP contribution in [0.4, 0.5) is 11.5 Å². The molecule has 3 rings (SSSR count). The van der Waals surface area contributed by atoms with Gasteiger partial charge in [-0.2, -0.15) is 0 Å². The fourth-order valence-electron chi connectivity index (χ4n) is 3.25. The van der Waals surface area contributed by atoms with Crippen LogP contribution < -0.4 is 21.0 Å². The zero-order chi connectivity index (χ0) is 19.7. The molecule has 2 aromatic rings. The van der Waals surface area contributed by atoms with Gasteiger partial charge in [0.1, 0.15) is 5.82 Å². The molecule has 1 saturated heterocycles. The second-order valence-corrected chi connectivity index (χ2v) is 6.96. The van der Waals surface area contributed by atoms with E-state index in [4.69, 9.17) is 0 Å². The lowest BCUT2D eigenvalue weighted by Gasteiger charge is -2.36. The van der Waals surface area contributed by atoms with Crippen molar-refractivity contribution in [3.63, 3.8) is 0 Å². The number of amides is 1. The standard InChI is InChI=1S/C19H25N5O3/c1-20(2)15-7-5-14(6-8-15)18(26)24-11-9-23(10-12-24)16-13-17(25)22(4)19(27)21(16)3/h5-8,13H,9-12H2,1-4H3. The molecule has 1 fully saturated rings. The summed E-state index contributed by atoms with van der Waals surface area (Å²) < 4.78 is 2.56. The topological polar surface area (TPSA) is 70.8 Å². The molecule has 0 spiro atoms. The number of piperazine rings is 1. The Morgan fingerprint density at radius 3 is 2.07 bits per heavy atom. The Balaban J connectivity index is 1.71. The third-order valence-corrected chi connectivity index (χ3v) is 5.02. The average Bonchev–Trinajstić information content (AvgIpc) is 2.69. The van der Waals surface area contributed by atoms with Gasteiger partial charge in [-0.05, 0) is 24.3 Å². The van der Waals surface area contributed by atoms with Crippen LogP contribution in [0.1, 0.15) is 10.4 Å². The molecule has 0 unspecified atom stereocenters. The van der Waals surface area contributed by atoms with E-state index >= 15 is 0 Å². The second-order valence-electron chi connectivity index (χ2n) is 6.96. The van der Waals surface area contributed by atoms with Crippen LogP contribution in [0.3, 0.4) is 0 Å². The molecule has 8 heteroatoms. The average molecular weight is 371 g/mol. The molecule has 0 radical (unpaired) electrons. The molecule has 1 aromatic carbocycles. The van der Waals surface area contributed by atoms with Crippen molar-refractivity contribution in [2.75, 3.05) is 50.1 Å².